The fraction of sp³-hybridized carbons (Fsp3) is 0.455. The van der Waals surface area contributed by atoms with E-state index in [1.54, 1.807) is 0 Å². The Kier molecular flexibility index (Phi) is 4.03. The van der Waals surface area contributed by atoms with E-state index in [-0.39, 0.29) is 11.3 Å². The lowest BCUT2D eigenvalue weighted by Gasteiger charge is -2.13. The van der Waals surface area contributed by atoms with E-state index in [4.69, 9.17) is 4.74 Å². The van der Waals surface area contributed by atoms with Gasteiger partial charge in [0.15, 0.2) is 11.6 Å². The van der Waals surface area contributed by atoms with Crippen molar-refractivity contribution in [3.05, 3.63) is 29.3 Å². The molecule has 1 aromatic rings. The zero-order valence-electron chi connectivity index (χ0n) is 8.76. The van der Waals surface area contributed by atoms with Gasteiger partial charge in [-0.05, 0) is 19.4 Å². The lowest BCUT2D eigenvalue weighted by Crippen LogP contribution is -2.04. The minimum atomic E-state index is -0.956. The highest BCUT2D eigenvalue weighted by Gasteiger charge is 2.16. The summed E-state index contributed by atoms with van der Waals surface area (Å²) >= 11 is 0. The van der Waals surface area contributed by atoms with E-state index in [1.165, 1.54) is 6.92 Å². The maximum absolute atomic E-state index is 13.3. The highest BCUT2D eigenvalue weighted by molar-refractivity contribution is 5.37. The van der Waals surface area contributed by atoms with Crippen molar-refractivity contribution in [1.29, 1.82) is 0 Å². The van der Waals surface area contributed by atoms with E-state index in [1.807, 2.05) is 6.92 Å². The zero-order chi connectivity index (χ0) is 11.4. The molecular formula is C11H14F2O2. The SMILES string of the molecule is CCCOc1c(F)cc(F)cc1[C@H](C)O. The number of ether oxygens (including phenoxy) is 1. The average Bonchev–Trinajstić information content (AvgIpc) is 2.15. The number of benzene rings is 1. The highest BCUT2D eigenvalue weighted by atomic mass is 19.1. The molecular weight excluding hydrogens is 202 g/mol. The summed E-state index contributed by atoms with van der Waals surface area (Å²) in [4.78, 5) is 0. The van der Waals surface area contributed by atoms with Crippen LogP contribution in [-0.4, -0.2) is 11.7 Å². The summed E-state index contributed by atoms with van der Waals surface area (Å²) in [6, 6.07) is 1.83. The van der Waals surface area contributed by atoms with Crippen molar-refractivity contribution in [2.75, 3.05) is 6.61 Å². The van der Waals surface area contributed by atoms with Crippen LogP contribution >= 0.6 is 0 Å². The third-order valence-electron chi connectivity index (χ3n) is 1.94. The maximum atomic E-state index is 13.3. The molecule has 84 valence electrons. The standard InChI is InChI=1S/C11H14F2O2/c1-3-4-15-11-9(7(2)14)5-8(12)6-10(11)13/h5-7,14H,3-4H2,1-2H3/t7-/m0/s1. The molecule has 0 aromatic heterocycles. The maximum Gasteiger partial charge on any atom is 0.168 e. The molecule has 2 nitrogen and oxygen atoms in total. The molecule has 0 heterocycles. The molecule has 1 N–H and O–H groups in total. The first-order chi connectivity index (χ1) is 7.06. The topological polar surface area (TPSA) is 29.5 Å². The minimum Gasteiger partial charge on any atom is -0.490 e. The molecule has 0 unspecified atom stereocenters. The molecule has 0 aliphatic heterocycles. The van der Waals surface area contributed by atoms with Gasteiger partial charge in [0.05, 0.1) is 12.7 Å². The second-order valence-corrected chi connectivity index (χ2v) is 3.33. The van der Waals surface area contributed by atoms with Crippen LogP contribution in [0.1, 0.15) is 31.9 Å². The fourth-order valence-electron chi connectivity index (χ4n) is 1.25. The van der Waals surface area contributed by atoms with Crippen molar-refractivity contribution >= 4 is 0 Å². The Labute approximate surface area is 87.5 Å². The highest BCUT2D eigenvalue weighted by Crippen LogP contribution is 2.29. The van der Waals surface area contributed by atoms with Crippen LogP contribution in [0.5, 0.6) is 5.75 Å². The van der Waals surface area contributed by atoms with Crippen LogP contribution in [-0.2, 0) is 0 Å². The molecule has 1 aromatic carbocycles. The van der Waals surface area contributed by atoms with Gasteiger partial charge in [-0.15, -0.1) is 0 Å². The summed E-state index contributed by atoms with van der Waals surface area (Å²) in [7, 11) is 0. The summed E-state index contributed by atoms with van der Waals surface area (Å²) in [5.41, 5.74) is 0.140. The Morgan fingerprint density at radius 1 is 1.40 bits per heavy atom. The third-order valence-corrected chi connectivity index (χ3v) is 1.94. The van der Waals surface area contributed by atoms with Gasteiger partial charge in [0.25, 0.3) is 0 Å². The first-order valence-electron chi connectivity index (χ1n) is 4.86. The Morgan fingerprint density at radius 3 is 2.60 bits per heavy atom. The average molecular weight is 216 g/mol. The van der Waals surface area contributed by atoms with Gasteiger partial charge >= 0.3 is 0 Å². The third kappa shape index (κ3) is 2.89. The van der Waals surface area contributed by atoms with E-state index in [2.05, 4.69) is 0 Å². The number of rotatable bonds is 4. The summed E-state index contributed by atoms with van der Waals surface area (Å²) in [5.74, 6) is -1.56. The second-order valence-electron chi connectivity index (χ2n) is 3.33. The van der Waals surface area contributed by atoms with Gasteiger partial charge in [0, 0.05) is 11.6 Å². The summed E-state index contributed by atoms with van der Waals surface area (Å²) < 4.78 is 31.3. The Hall–Kier alpha value is -1.16. The van der Waals surface area contributed by atoms with Crippen molar-refractivity contribution in [3.63, 3.8) is 0 Å². The predicted octanol–water partition coefficient (Wildman–Crippen LogP) is 2.81. The number of halogens is 2. The smallest absolute Gasteiger partial charge is 0.168 e. The van der Waals surface area contributed by atoms with Crippen LogP contribution in [0.15, 0.2) is 12.1 Å². The summed E-state index contributed by atoms with van der Waals surface area (Å²) in [6.07, 6.45) is -0.238. The fourth-order valence-corrected chi connectivity index (χ4v) is 1.25. The molecule has 0 amide bonds. The molecule has 0 spiro atoms. The summed E-state index contributed by atoms with van der Waals surface area (Å²) in [6.45, 7) is 3.65. The van der Waals surface area contributed by atoms with Gasteiger partial charge in [-0.3, -0.25) is 0 Å². The van der Waals surface area contributed by atoms with E-state index >= 15 is 0 Å². The van der Waals surface area contributed by atoms with Gasteiger partial charge in [0.2, 0.25) is 0 Å². The quantitative estimate of drug-likeness (QED) is 0.838. The van der Waals surface area contributed by atoms with E-state index in [0.717, 1.165) is 18.6 Å². The molecule has 0 aliphatic rings. The van der Waals surface area contributed by atoms with Crippen molar-refractivity contribution in [2.24, 2.45) is 0 Å². The number of hydrogen-bond acceptors (Lipinski definition) is 2. The number of aliphatic hydroxyl groups excluding tert-OH is 1. The van der Waals surface area contributed by atoms with Crippen LogP contribution < -0.4 is 4.74 Å². The van der Waals surface area contributed by atoms with Crippen LogP contribution in [0.3, 0.4) is 0 Å². The van der Waals surface area contributed by atoms with Gasteiger partial charge in [-0.25, -0.2) is 8.78 Å². The lowest BCUT2D eigenvalue weighted by atomic mass is 10.1. The molecule has 0 radical (unpaired) electrons. The summed E-state index contributed by atoms with van der Waals surface area (Å²) in [5, 5.41) is 9.34. The second kappa shape index (κ2) is 5.07. The van der Waals surface area contributed by atoms with Crippen LogP contribution in [0.4, 0.5) is 8.78 Å². The Balaban J connectivity index is 3.09. The first kappa shape index (κ1) is 11.9. The Morgan fingerprint density at radius 2 is 2.07 bits per heavy atom. The minimum absolute atomic E-state index is 0.0618. The monoisotopic (exact) mass is 216 g/mol. The van der Waals surface area contributed by atoms with E-state index in [9.17, 15) is 13.9 Å². The zero-order valence-corrected chi connectivity index (χ0v) is 8.76. The molecule has 15 heavy (non-hydrogen) atoms. The molecule has 0 fully saturated rings. The van der Waals surface area contributed by atoms with Crippen molar-refractivity contribution in [2.45, 2.75) is 26.4 Å². The van der Waals surface area contributed by atoms with Gasteiger partial charge in [-0.1, -0.05) is 6.92 Å². The van der Waals surface area contributed by atoms with E-state index in [0.29, 0.717) is 6.61 Å². The number of hydrogen-bond donors (Lipinski definition) is 1. The molecule has 0 saturated heterocycles. The van der Waals surface area contributed by atoms with Gasteiger partial charge in [0.1, 0.15) is 5.82 Å². The molecule has 0 aliphatic carbocycles. The Bertz CT molecular complexity index is 338. The lowest BCUT2D eigenvalue weighted by molar-refractivity contribution is 0.188. The number of aliphatic hydroxyl groups is 1. The molecule has 0 bridgehead atoms. The van der Waals surface area contributed by atoms with Crippen LogP contribution in [0, 0.1) is 11.6 Å². The van der Waals surface area contributed by atoms with E-state index < -0.39 is 17.7 Å². The molecule has 1 atom stereocenters. The van der Waals surface area contributed by atoms with Crippen molar-refractivity contribution in [3.8, 4) is 5.75 Å². The molecule has 0 saturated carbocycles. The van der Waals surface area contributed by atoms with Gasteiger partial charge < -0.3 is 9.84 Å². The largest absolute Gasteiger partial charge is 0.490 e. The first-order valence-corrected chi connectivity index (χ1v) is 4.86. The molecule has 4 heteroatoms. The van der Waals surface area contributed by atoms with Crippen molar-refractivity contribution in [1.82, 2.24) is 0 Å². The molecule has 1 rings (SSSR count). The van der Waals surface area contributed by atoms with Crippen LogP contribution in [0.2, 0.25) is 0 Å². The normalized spacial score (nSPS) is 12.6. The van der Waals surface area contributed by atoms with Gasteiger partial charge in [-0.2, -0.15) is 0 Å². The van der Waals surface area contributed by atoms with Crippen LogP contribution in [0.25, 0.3) is 0 Å². The predicted molar refractivity (Wildman–Crippen MR) is 52.8 cm³/mol. The van der Waals surface area contributed by atoms with Crippen molar-refractivity contribution < 1.29 is 18.6 Å².